The topological polar surface area (TPSA) is 98.1 Å². The van der Waals surface area contributed by atoms with Gasteiger partial charge in [0.2, 0.25) is 5.91 Å². The van der Waals surface area contributed by atoms with Crippen LogP contribution in [-0.4, -0.2) is 46.1 Å². The number of aromatic nitrogens is 3. The van der Waals surface area contributed by atoms with E-state index in [0.29, 0.717) is 24.4 Å². The van der Waals surface area contributed by atoms with Gasteiger partial charge in [-0.15, -0.1) is 5.10 Å². The molecule has 0 radical (unpaired) electrons. The van der Waals surface area contributed by atoms with Crippen molar-refractivity contribution < 1.29 is 14.3 Å². The minimum absolute atomic E-state index is 0.0292. The van der Waals surface area contributed by atoms with Gasteiger partial charge in [0.15, 0.2) is 5.69 Å². The zero-order valence-electron chi connectivity index (χ0n) is 15.7. The summed E-state index contributed by atoms with van der Waals surface area (Å²) in [5.41, 5.74) is 2.65. The molecule has 2 amide bonds. The molecule has 1 aliphatic carbocycles. The third kappa shape index (κ3) is 4.91. The second kappa shape index (κ2) is 8.77. The number of nitrogens with one attached hydrogen (secondary N) is 2. The minimum Gasteiger partial charge on any atom is -0.372 e. The Labute approximate surface area is 158 Å². The molecular weight excluding hydrogens is 346 g/mol. The van der Waals surface area contributed by atoms with Crippen LogP contribution in [0.4, 0.5) is 5.69 Å². The highest BCUT2D eigenvalue weighted by atomic mass is 16.5. The Hall–Kier alpha value is -2.74. The second-order valence-electron chi connectivity index (χ2n) is 6.53. The summed E-state index contributed by atoms with van der Waals surface area (Å²) in [4.78, 5) is 24.1. The lowest BCUT2D eigenvalue weighted by Gasteiger charge is -2.09. The van der Waals surface area contributed by atoms with Gasteiger partial charge in [-0.25, -0.2) is 4.68 Å². The molecule has 1 aliphatic rings. The summed E-state index contributed by atoms with van der Waals surface area (Å²) >= 11 is 0. The van der Waals surface area contributed by atoms with Crippen molar-refractivity contribution in [2.45, 2.75) is 45.6 Å². The van der Waals surface area contributed by atoms with Crippen LogP contribution in [-0.2, 0) is 16.0 Å². The van der Waals surface area contributed by atoms with Crippen molar-refractivity contribution >= 4 is 17.5 Å². The van der Waals surface area contributed by atoms with E-state index < -0.39 is 0 Å². The minimum atomic E-state index is -0.198. The highest BCUT2D eigenvalue weighted by molar-refractivity contribution is 5.94. The Kier molecular flexibility index (Phi) is 6.18. The van der Waals surface area contributed by atoms with Crippen molar-refractivity contribution in [1.29, 1.82) is 0 Å². The molecule has 1 aromatic heterocycles. The molecule has 1 fully saturated rings. The maximum Gasteiger partial charge on any atom is 0.273 e. The van der Waals surface area contributed by atoms with Gasteiger partial charge >= 0.3 is 0 Å². The van der Waals surface area contributed by atoms with E-state index in [1.54, 1.807) is 16.8 Å². The van der Waals surface area contributed by atoms with Crippen molar-refractivity contribution in [3.63, 3.8) is 0 Å². The SMILES string of the molecule is CCCc1c(C(=O)NC2CC2)nnn1-c1ccc(NC(=O)COCC)cc1. The highest BCUT2D eigenvalue weighted by Gasteiger charge is 2.27. The number of carbonyl (C=O) groups is 2. The predicted molar refractivity (Wildman–Crippen MR) is 101 cm³/mol. The maximum atomic E-state index is 12.4. The van der Waals surface area contributed by atoms with Crippen molar-refractivity contribution in [3.8, 4) is 5.69 Å². The van der Waals surface area contributed by atoms with E-state index in [1.165, 1.54) is 0 Å². The maximum absolute atomic E-state index is 12.4. The summed E-state index contributed by atoms with van der Waals surface area (Å²) in [6.07, 6.45) is 3.63. The number of hydrogen-bond acceptors (Lipinski definition) is 5. The van der Waals surface area contributed by atoms with Gasteiger partial charge in [-0.05, 0) is 50.5 Å². The first kappa shape index (κ1) is 19.0. The van der Waals surface area contributed by atoms with Crippen LogP contribution < -0.4 is 10.6 Å². The lowest BCUT2D eigenvalue weighted by Crippen LogP contribution is -2.27. The standard InChI is InChI=1S/C19H25N5O3/c1-3-5-16-18(19(26)21-14-6-7-14)22-23-24(16)15-10-8-13(9-11-15)20-17(25)12-27-4-2/h8-11,14H,3-7,12H2,1-2H3,(H,20,25)(H,21,26). The van der Waals surface area contributed by atoms with Gasteiger partial charge in [0.25, 0.3) is 5.91 Å². The highest BCUT2D eigenvalue weighted by Crippen LogP contribution is 2.21. The fourth-order valence-electron chi connectivity index (χ4n) is 2.71. The molecule has 3 rings (SSSR count). The van der Waals surface area contributed by atoms with E-state index >= 15 is 0 Å². The molecular formula is C19H25N5O3. The fraction of sp³-hybridized carbons (Fsp3) is 0.474. The van der Waals surface area contributed by atoms with Crippen LogP contribution in [0.2, 0.25) is 0 Å². The van der Waals surface area contributed by atoms with Crippen LogP contribution in [0.3, 0.4) is 0 Å². The normalized spacial score (nSPS) is 13.4. The van der Waals surface area contributed by atoms with Crippen LogP contribution in [0.25, 0.3) is 5.69 Å². The van der Waals surface area contributed by atoms with Gasteiger partial charge < -0.3 is 15.4 Å². The Morgan fingerprint density at radius 2 is 1.96 bits per heavy atom. The quantitative estimate of drug-likeness (QED) is 0.703. The third-order valence-corrected chi connectivity index (χ3v) is 4.21. The zero-order valence-corrected chi connectivity index (χ0v) is 15.7. The summed E-state index contributed by atoms with van der Waals surface area (Å²) in [6, 6.07) is 7.54. The Morgan fingerprint density at radius 3 is 2.59 bits per heavy atom. The number of amides is 2. The first-order valence-corrected chi connectivity index (χ1v) is 9.35. The Morgan fingerprint density at radius 1 is 1.22 bits per heavy atom. The molecule has 2 aromatic rings. The van der Waals surface area contributed by atoms with Crippen molar-refractivity contribution in [2.24, 2.45) is 0 Å². The molecule has 1 heterocycles. The molecule has 1 saturated carbocycles. The summed E-state index contributed by atoms with van der Waals surface area (Å²) in [5, 5.41) is 14.0. The smallest absolute Gasteiger partial charge is 0.273 e. The van der Waals surface area contributed by atoms with Crippen LogP contribution in [0, 0.1) is 0 Å². The summed E-state index contributed by atoms with van der Waals surface area (Å²) < 4.78 is 6.78. The van der Waals surface area contributed by atoms with Gasteiger partial charge in [-0.2, -0.15) is 0 Å². The summed E-state index contributed by atoms with van der Waals surface area (Å²) in [7, 11) is 0. The van der Waals surface area contributed by atoms with Crippen LogP contribution >= 0.6 is 0 Å². The van der Waals surface area contributed by atoms with Gasteiger partial charge in [-0.1, -0.05) is 18.6 Å². The van der Waals surface area contributed by atoms with Crippen LogP contribution in [0.5, 0.6) is 0 Å². The summed E-state index contributed by atoms with van der Waals surface area (Å²) in [6.45, 7) is 4.42. The fourth-order valence-corrected chi connectivity index (χ4v) is 2.71. The molecule has 0 unspecified atom stereocenters. The van der Waals surface area contributed by atoms with E-state index in [-0.39, 0.29) is 24.5 Å². The third-order valence-electron chi connectivity index (χ3n) is 4.21. The number of carbonyl (C=O) groups excluding carboxylic acids is 2. The molecule has 0 spiro atoms. The molecule has 8 heteroatoms. The molecule has 0 aliphatic heterocycles. The van der Waals surface area contributed by atoms with Gasteiger partial charge in [-0.3, -0.25) is 9.59 Å². The largest absolute Gasteiger partial charge is 0.372 e. The zero-order chi connectivity index (χ0) is 19.2. The Balaban J connectivity index is 1.75. The molecule has 0 bridgehead atoms. The number of nitrogens with zero attached hydrogens (tertiary/aromatic N) is 3. The first-order valence-electron chi connectivity index (χ1n) is 9.35. The molecule has 0 atom stereocenters. The van der Waals surface area contributed by atoms with E-state index in [9.17, 15) is 9.59 Å². The lowest BCUT2D eigenvalue weighted by molar-refractivity contribution is -0.120. The van der Waals surface area contributed by atoms with E-state index in [4.69, 9.17) is 4.74 Å². The average Bonchev–Trinajstić information content (AvgIpc) is 3.38. The second-order valence-corrected chi connectivity index (χ2v) is 6.53. The number of rotatable bonds is 9. The monoisotopic (exact) mass is 371 g/mol. The van der Waals surface area contributed by atoms with Crippen molar-refractivity contribution in [1.82, 2.24) is 20.3 Å². The molecule has 2 N–H and O–H groups in total. The molecule has 144 valence electrons. The van der Waals surface area contributed by atoms with E-state index in [0.717, 1.165) is 30.6 Å². The van der Waals surface area contributed by atoms with E-state index in [1.807, 2.05) is 19.1 Å². The number of hydrogen-bond donors (Lipinski definition) is 2. The predicted octanol–water partition coefficient (Wildman–Crippen LogP) is 2.09. The lowest BCUT2D eigenvalue weighted by atomic mass is 10.2. The van der Waals surface area contributed by atoms with Gasteiger partial charge in [0.05, 0.1) is 11.4 Å². The number of ether oxygens (including phenoxy) is 1. The van der Waals surface area contributed by atoms with Crippen molar-refractivity contribution in [3.05, 3.63) is 35.7 Å². The van der Waals surface area contributed by atoms with Crippen LogP contribution in [0.15, 0.2) is 24.3 Å². The van der Waals surface area contributed by atoms with Crippen molar-refractivity contribution in [2.75, 3.05) is 18.5 Å². The van der Waals surface area contributed by atoms with Crippen LogP contribution in [0.1, 0.15) is 49.3 Å². The van der Waals surface area contributed by atoms with Gasteiger partial charge in [0.1, 0.15) is 6.61 Å². The molecule has 0 saturated heterocycles. The molecule has 27 heavy (non-hydrogen) atoms. The van der Waals surface area contributed by atoms with Gasteiger partial charge in [0, 0.05) is 18.3 Å². The number of anilines is 1. The first-order chi connectivity index (χ1) is 13.1. The van der Waals surface area contributed by atoms with E-state index in [2.05, 4.69) is 27.9 Å². The number of benzene rings is 1. The summed E-state index contributed by atoms with van der Waals surface area (Å²) in [5.74, 6) is -0.358. The molecule has 1 aromatic carbocycles. The molecule has 8 nitrogen and oxygen atoms in total. The average molecular weight is 371 g/mol. The Bertz CT molecular complexity index is 796.